The summed E-state index contributed by atoms with van der Waals surface area (Å²) in [4.78, 5) is 22.1. The molecule has 0 saturated carbocycles. The molecule has 5 rings (SSSR count). The Morgan fingerprint density at radius 1 is 1.00 bits per heavy atom. The minimum absolute atomic E-state index is 0.182. The highest BCUT2D eigenvalue weighted by atomic mass is 16.7. The number of rotatable bonds is 6. The Bertz CT molecular complexity index is 1120. The summed E-state index contributed by atoms with van der Waals surface area (Å²) in [6, 6.07) is 14.0. The van der Waals surface area contributed by atoms with Gasteiger partial charge in [-0.1, -0.05) is 12.1 Å². The summed E-state index contributed by atoms with van der Waals surface area (Å²) in [5.41, 5.74) is 4.04. The molecule has 7 heteroatoms. The molecule has 0 atom stereocenters. The van der Waals surface area contributed by atoms with Gasteiger partial charge in [-0.05, 0) is 49.7 Å². The van der Waals surface area contributed by atoms with Crippen molar-refractivity contribution < 1.29 is 14.3 Å². The van der Waals surface area contributed by atoms with Gasteiger partial charge in [0.15, 0.2) is 17.3 Å². The van der Waals surface area contributed by atoms with Crippen LogP contribution in [0.1, 0.15) is 27.3 Å². The second-order valence-electron chi connectivity index (χ2n) is 8.43. The maximum Gasteiger partial charge on any atom is 0.231 e. The van der Waals surface area contributed by atoms with E-state index in [-0.39, 0.29) is 12.6 Å². The second-order valence-corrected chi connectivity index (χ2v) is 8.43. The molecule has 1 fully saturated rings. The quantitative estimate of drug-likeness (QED) is 0.557. The summed E-state index contributed by atoms with van der Waals surface area (Å²) in [5.74, 6) is 2.76. The van der Waals surface area contributed by atoms with Crippen LogP contribution in [-0.2, 0) is 6.54 Å². The molecule has 2 aliphatic heterocycles. The molecule has 1 saturated heterocycles. The molecule has 3 aromatic rings. The number of carbonyl (C=O) groups excluding carboxylic acids is 1. The number of Topliss-reactive ketones (excluding diaryl/α,β-unsaturated/α-hetero) is 1. The summed E-state index contributed by atoms with van der Waals surface area (Å²) in [5, 5.41) is 0. The van der Waals surface area contributed by atoms with E-state index in [4.69, 9.17) is 9.47 Å². The predicted molar refractivity (Wildman–Crippen MR) is 123 cm³/mol. The summed E-state index contributed by atoms with van der Waals surface area (Å²) >= 11 is 0. The van der Waals surface area contributed by atoms with Crippen molar-refractivity contribution in [1.29, 1.82) is 0 Å². The first-order valence-corrected chi connectivity index (χ1v) is 11.1. The van der Waals surface area contributed by atoms with Gasteiger partial charge in [-0.15, -0.1) is 0 Å². The van der Waals surface area contributed by atoms with Gasteiger partial charge in [0.05, 0.1) is 6.54 Å². The number of piperazine rings is 1. The van der Waals surface area contributed by atoms with Gasteiger partial charge in [0.25, 0.3) is 0 Å². The highest BCUT2D eigenvalue weighted by Gasteiger charge is 2.23. The van der Waals surface area contributed by atoms with E-state index in [1.54, 1.807) is 0 Å². The lowest BCUT2D eigenvalue weighted by Gasteiger charge is -2.35. The standard InChI is InChI=1S/C25H28N4O3/c1-18-13-21(19(2)29(18)15-20-6-7-23-24(14-20)32-17-31-23)22(30)16-27-9-11-28(12-10-27)25-5-3-4-8-26-25/h3-8,13-14H,9-12,15-17H2,1-2H3. The third-order valence-electron chi connectivity index (χ3n) is 6.36. The van der Waals surface area contributed by atoms with E-state index in [2.05, 4.69) is 32.3 Å². The normalized spacial score (nSPS) is 15.9. The molecule has 7 nitrogen and oxygen atoms in total. The first-order valence-electron chi connectivity index (χ1n) is 11.1. The molecule has 0 spiro atoms. The molecule has 2 aromatic heterocycles. The van der Waals surface area contributed by atoms with Gasteiger partial charge in [-0.2, -0.15) is 0 Å². The molecule has 0 radical (unpaired) electrons. The summed E-state index contributed by atoms with van der Waals surface area (Å²) in [7, 11) is 0. The predicted octanol–water partition coefficient (Wildman–Crippen LogP) is 3.28. The Morgan fingerprint density at radius 3 is 2.59 bits per heavy atom. The number of benzene rings is 1. The monoisotopic (exact) mass is 432 g/mol. The van der Waals surface area contributed by atoms with Gasteiger partial charge in [-0.3, -0.25) is 9.69 Å². The Balaban J connectivity index is 1.23. The topological polar surface area (TPSA) is 59.8 Å². The van der Waals surface area contributed by atoms with Crippen molar-refractivity contribution in [2.75, 3.05) is 44.4 Å². The minimum Gasteiger partial charge on any atom is -0.454 e. The van der Waals surface area contributed by atoms with Crippen LogP contribution in [0.3, 0.4) is 0 Å². The molecule has 32 heavy (non-hydrogen) atoms. The number of carbonyl (C=O) groups is 1. The van der Waals surface area contributed by atoms with Crippen molar-refractivity contribution in [3.8, 4) is 11.5 Å². The second kappa shape index (κ2) is 8.67. The van der Waals surface area contributed by atoms with E-state index in [9.17, 15) is 4.79 Å². The number of anilines is 1. The fourth-order valence-electron chi connectivity index (χ4n) is 4.51. The third kappa shape index (κ3) is 4.08. The number of aryl methyl sites for hydroxylation is 1. The minimum atomic E-state index is 0.182. The number of hydrogen-bond acceptors (Lipinski definition) is 6. The van der Waals surface area contributed by atoms with Crippen LogP contribution in [-0.4, -0.2) is 59.8 Å². The van der Waals surface area contributed by atoms with E-state index < -0.39 is 0 Å². The molecule has 4 heterocycles. The van der Waals surface area contributed by atoms with Gasteiger partial charge < -0.3 is 18.9 Å². The first-order chi connectivity index (χ1) is 15.6. The molecular weight excluding hydrogens is 404 g/mol. The number of aromatic nitrogens is 2. The number of ketones is 1. The zero-order valence-corrected chi connectivity index (χ0v) is 18.6. The Hall–Kier alpha value is -3.32. The van der Waals surface area contributed by atoms with Gasteiger partial charge in [0.2, 0.25) is 6.79 Å². The average molecular weight is 433 g/mol. The molecular formula is C25H28N4O3. The molecule has 0 bridgehead atoms. The molecule has 166 valence electrons. The largest absolute Gasteiger partial charge is 0.454 e. The molecule has 1 aromatic carbocycles. The van der Waals surface area contributed by atoms with Crippen LogP contribution in [0.2, 0.25) is 0 Å². The molecule has 0 unspecified atom stereocenters. The lowest BCUT2D eigenvalue weighted by atomic mass is 10.1. The van der Waals surface area contributed by atoms with Crippen LogP contribution in [0.25, 0.3) is 0 Å². The molecule has 0 amide bonds. The van der Waals surface area contributed by atoms with Crippen molar-refractivity contribution in [3.63, 3.8) is 0 Å². The van der Waals surface area contributed by atoms with Crippen molar-refractivity contribution in [3.05, 3.63) is 71.2 Å². The highest BCUT2D eigenvalue weighted by Crippen LogP contribution is 2.33. The van der Waals surface area contributed by atoms with Crippen LogP contribution >= 0.6 is 0 Å². The summed E-state index contributed by atoms with van der Waals surface area (Å²) in [6.07, 6.45) is 1.82. The van der Waals surface area contributed by atoms with Crippen molar-refractivity contribution in [1.82, 2.24) is 14.5 Å². The first kappa shape index (κ1) is 20.6. The van der Waals surface area contributed by atoms with Crippen LogP contribution < -0.4 is 14.4 Å². The maximum absolute atomic E-state index is 13.1. The van der Waals surface area contributed by atoms with Crippen LogP contribution in [0.5, 0.6) is 11.5 Å². The van der Waals surface area contributed by atoms with Crippen molar-refractivity contribution in [2.24, 2.45) is 0 Å². The fraction of sp³-hybridized carbons (Fsp3) is 0.360. The van der Waals surface area contributed by atoms with Crippen LogP contribution in [0, 0.1) is 13.8 Å². The van der Waals surface area contributed by atoms with E-state index in [1.165, 1.54) is 0 Å². The van der Waals surface area contributed by atoms with E-state index in [1.807, 2.05) is 49.5 Å². The van der Waals surface area contributed by atoms with Gasteiger partial charge in [0, 0.05) is 55.9 Å². The SMILES string of the molecule is Cc1cc(C(=O)CN2CCN(c3ccccn3)CC2)c(C)n1Cc1ccc2c(c1)OCO2. The molecule has 0 aliphatic carbocycles. The van der Waals surface area contributed by atoms with Crippen molar-refractivity contribution in [2.45, 2.75) is 20.4 Å². The molecule has 0 N–H and O–H groups in total. The average Bonchev–Trinajstić information content (AvgIpc) is 3.39. The highest BCUT2D eigenvalue weighted by molar-refractivity contribution is 5.99. The van der Waals surface area contributed by atoms with Crippen LogP contribution in [0.4, 0.5) is 5.82 Å². The van der Waals surface area contributed by atoms with Gasteiger partial charge in [-0.25, -0.2) is 4.98 Å². The lowest BCUT2D eigenvalue weighted by Crippen LogP contribution is -2.48. The van der Waals surface area contributed by atoms with Crippen molar-refractivity contribution >= 4 is 11.6 Å². The Morgan fingerprint density at radius 2 is 1.81 bits per heavy atom. The Kier molecular flexibility index (Phi) is 5.57. The van der Waals surface area contributed by atoms with E-state index in [0.717, 1.165) is 66.0 Å². The zero-order valence-electron chi connectivity index (χ0n) is 18.6. The fourth-order valence-corrected chi connectivity index (χ4v) is 4.51. The number of nitrogens with zero attached hydrogens (tertiary/aromatic N) is 4. The van der Waals surface area contributed by atoms with Gasteiger partial charge in [0.1, 0.15) is 5.82 Å². The van der Waals surface area contributed by atoms with E-state index >= 15 is 0 Å². The van der Waals surface area contributed by atoms with E-state index in [0.29, 0.717) is 13.1 Å². The summed E-state index contributed by atoms with van der Waals surface area (Å²) < 4.78 is 13.1. The Labute approximate surface area is 188 Å². The zero-order chi connectivity index (χ0) is 22.1. The number of pyridine rings is 1. The maximum atomic E-state index is 13.1. The smallest absolute Gasteiger partial charge is 0.231 e. The third-order valence-corrected chi connectivity index (χ3v) is 6.36. The number of fused-ring (bicyclic) bond motifs is 1. The molecule has 2 aliphatic rings. The van der Waals surface area contributed by atoms with Gasteiger partial charge >= 0.3 is 0 Å². The summed E-state index contributed by atoms with van der Waals surface area (Å²) in [6.45, 7) is 9.00. The van der Waals surface area contributed by atoms with Crippen LogP contribution in [0.15, 0.2) is 48.7 Å². The lowest BCUT2D eigenvalue weighted by molar-refractivity contribution is 0.0925. The number of ether oxygens (including phenoxy) is 2. The number of hydrogen-bond donors (Lipinski definition) is 0.